The smallest absolute Gasteiger partial charge is 0.289 e. The number of furan rings is 1. The standard InChI is InChI=1S/C23H18BrF5N2O3/c24-15-4-2-1-3-13(15)11-30-7-9-31(10-8-30)23(32)16-6-5-14(34-16)12-33-22-20(28)18(26)17(25)19(27)21(22)29/h1-6H,7-12H2. The zero-order valence-corrected chi connectivity index (χ0v) is 19.2. The molecule has 0 aliphatic carbocycles. The maximum atomic E-state index is 13.7. The zero-order valence-electron chi connectivity index (χ0n) is 17.6. The molecule has 1 saturated heterocycles. The summed E-state index contributed by atoms with van der Waals surface area (Å²) in [4.78, 5) is 16.6. The number of carbonyl (C=O) groups excluding carboxylic acids is 1. The molecule has 1 amide bonds. The van der Waals surface area contributed by atoms with Crippen LogP contribution in [-0.4, -0.2) is 41.9 Å². The van der Waals surface area contributed by atoms with E-state index in [1.54, 1.807) is 4.90 Å². The van der Waals surface area contributed by atoms with Crippen molar-refractivity contribution in [3.63, 3.8) is 0 Å². The summed E-state index contributed by atoms with van der Waals surface area (Å²) in [6.45, 7) is 2.36. The van der Waals surface area contributed by atoms with Crippen LogP contribution in [0, 0.1) is 29.1 Å². The molecule has 11 heteroatoms. The molecule has 2 heterocycles. The average Bonchev–Trinajstić information content (AvgIpc) is 3.32. The van der Waals surface area contributed by atoms with Gasteiger partial charge in [0.05, 0.1) is 0 Å². The highest BCUT2D eigenvalue weighted by Gasteiger charge is 2.28. The molecule has 0 saturated carbocycles. The lowest BCUT2D eigenvalue weighted by Gasteiger charge is -2.34. The third-order valence-corrected chi connectivity index (χ3v) is 6.19. The Labute approximate surface area is 199 Å². The summed E-state index contributed by atoms with van der Waals surface area (Å²) >= 11 is 3.53. The molecule has 3 aromatic rings. The van der Waals surface area contributed by atoms with Crippen molar-refractivity contribution in [3.8, 4) is 5.75 Å². The lowest BCUT2D eigenvalue weighted by Crippen LogP contribution is -2.48. The van der Waals surface area contributed by atoms with Gasteiger partial charge in [-0.1, -0.05) is 34.1 Å². The van der Waals surface area contributed by atoms with E-state index >= 15 is 0 Å². The van der Waals surface area contributed by atoms with Crippen molar-refractivity contribution in [1.29, 1.82) is 0 Å². The lowest BCUT2D eigenvalue weighted by molar-refractivity contribution is 0.0593. The molecule has 0 radical (unpaired) electrons. The lowest BCUT2D eigenvalue weighted by atomic mass is 10.2. The Morgan fingerprint density at radius 3 is 2.15 bits per heavy atom. The second-order valence-corrected chi connectivity index (χ2v) is 8.47. The summed E-state index contributed by atoms with van der Waals surface area (Å²) in [5, 5.41) is 0. The summed E-state index contributed by atoms with van der Waals surface area (Å²) in [7, 11) is 0. The Morgan fingerprint density at radius 2 is 1.50 bits per heavy atom. The largest absolute Gasteiger partial charge is 0.479 e. The quantitative estimate of drug-likeness (QED) is 0.241. The molecule has 0 N–H and O–H groups in total. The normalized spacial score (nSPS) is 14.5. The summed E-state index contributed by atoms with van der Waals surface area (Å²) < 4.78 is 78.3. The fourth-order valence-corrected chi connectivity index (χ4v) is 3.97. The van der Waals surface area contributed by atoms with Gasteiger partial charge in [-0.15, -0.1) is 0 Å². The molecule has 1 fully saturated rings. The highest BCUT2D eigenvalue weighted by molar-refractivity contribution is 9.10. The maximum absolute atomic E-state index is 13.7. The Morgan fingerprint density at radius 1 is 0.882 bits per heavy atom. The minimum atomic E-state index is -2.27. The summed E-state index contributed by atoms with van der Waals surface area (Å²) in [5.41, 5.74) is 1.15. The molecule has 1 aliphatic rings. The van der Waals surface area contributed by atoms with Gasteiger partial charge in [0, 0.05) is 37.2 Å². The number of ether oxygens (including phenoxy) is 1. The molecule has 2 aromatic carbocycles. The first-order valence-electron chi connectivity index (χ1n) is 10.2. The topological polar surface area (TPSA) is 45.9 Å². The molecule has 180 valence electrons. The number of benzene rings is 2. The van der Waals surface area contributed by atoms with Crippen LogP contribution in [0.25, 0.3) is 0 Å². The van der Waals surface area contributed by atoms with Crippen LogP contribution in [0.15, 0.2) is 45.3 Å². The molecule has 5 nitrogen and oxygen atoms in total. The van der Waals surface area contributed by atoms with Crippen LogP contribution in [0.5, 0.6) is 5.75 Å². The van der Waals surface area contributed by atoms with Crippen molar-refractivity contribution in [2.24, 2.45) is 0 Å². The number of rotatable bonds is 6. The Hall–Kier alpha value is -2.92. The second kappa shape index (κ2) is 10.1. The van der Waals surface area contributed by atoms with E-state index in [-0.39, 0.29) is 17.4 Å². The van der Waals surface area contributed by atoms with E-state index in [9.17, 15) is 26.7 Å². The molecular formula is C23H18BrF5N2O3. The molecule has 34 heavy (non-hydrogen) atoms. The fraction of sp³-hybridized carbons (Fsp3) is 0.261. The number of piperazine rings is 1. The number of nitrogens with zero attached hydrogens (tertiary/aromatic N) is 2. The second-order valence-electron chi connectivity index (χ2n) is 7.61. The van der Waals surface area contributed by atoms with Crippen LogP contribution in [0.3, 0.4) is 0 Å². The average molecular weight is 545 g/mol. The van der Waals surface area contributed by atoms with Crippen LogP contribution in [0.1, 0.15) is 21.9 Å². The number of hydrogen-bond donors (Lipinski definition) is 0. The van der Waals surface area contributed by atoms with Crippen molar-refractivity contribution < 1.29 is 35.9 Å². The van der Waals surface area contributed by atoms with E-state index in [4.69, 9.17) is 9.15 Å². The van der Waals surface area contributed by atoms with E-state index in [2.05, 4.69) is 20.8 Å². The number of halogens is 6. The van der Waals surface area contributed by atoms with E-state index in [1.165, 1.54) is 12.1 Å². The molecule has 1 aromatic heterocycles. The molecule has 1 aliphatic heterocycles. The minimum absolute atomic E-state index is 0.0140. The van der Waals surface area contributed by atoms with Gasteiger partial charge >= 0.3 is 0 Å². The third kappa shape index (κ3) is 4.95. The van der Waals surface area contributed by atoms with Crippen LogP contribution in [-0.2, 0) is 13.2 Å². The molecule has 0 unspecified atom stereocenters. The van der Waals surface area contributed by atoms with Gasteiger partial charge in [0.2, 0.25) is 29.1 Å². The minimum Gasteiger partial charge on any atom is -0.479 e. The Bertz CT molecular complexity index is 1180. The predicted octanol–water partition coefficient (Wildman–Crippen LogP) is 5.27. The van der Waals surface area contributed by atoms with Crippen LogP contribution < -0.4 is 4.74 Å². The zero-order chi connectivity index (χ0) is 24.4. The van der Waals surface area contributed by atoms with Crippen LogP contribution in [0.2, 0.25) is 0 Å². The monoisotopic (exact) mass is 544 g/mol. The molecule has 4 rings (SSSR count). The van der Waals surface area contributed by atoms with Gasteiger partial charge in [0.1, 0.15) is 12.4 Å². The first kappa shape index (κ1) is 24.2. The molecular weight excluding hydrogens is 527 g/mol. The first-order valence-corrected chi connectivity index (χ1v) is 11.0. The summed E-state index contributed by atoms with van der Waals surface area (Å²) in [5.74, 6) is -12.5. The number of hydrogen-bond acceptors (Lipinski definition) is 4. The summed E-state index contributed by atoms with van der Waals surface area (Å²) in [6, 6.07) is 10.6. The first-order chi connectivity index (χ1) is 16.3. The van der Waals surface area contributed by atoms with E-state index in [0.29, 0.717) is 26.2 Å². The fourth-order valence-electron chi connectivity index (χ4n) is 3.56. The third-order valence-electron chi connectivity index (χ3n) is 5.41. The van der Waals surface area contributed by atoms with Gasteiger partial charge in [-0.2, -0.15) is 8.78 Å². The molecule has 0 spiro atoms. The van der Waals surface area contributed by atoms with Gasteiger partial charge in [0.15, 0.2) is 11.5 Å². The van der Waals surface area contributed by atoms with Crippen molar-refractivity contribution in [1.82, 2.24) is 9.80 Å². The van der Waals surface area contributed by atoms with Gasteiger partial charge in [0.25, 0.3) is 5.91 Å². The van der Waals surface area contributed by atoms with Gasteiger partial charge in [-0.05, 0) is 23.8 Å². The van der Waals surface area contributed by atoms with Crippen molar-refractivity contribution in [2.75, 3.05) is 26.2 Å². The predicted molar refractivity (Wildman–Crippen MR) is 115 cm³/mol. The highest BCUT2D eigenvalue weighted by atomic mass is 79.9. The van der Waals surface area contributed by atoms with E-state index < -0.39 is 41.4 Å². The van der Waals surface area contributed by atoms with Crippen molar-refractivity contribution in [2.45, 2.75) is 13.2 Å². The van der Waals surface area contributed by atoms with Crippen LogP contribution >= 0.6 is 15.9 Å². The van der Waals surface area contributed by atoms with Gasteiger partial charge in [-0.25, -0.2) is 13.2 Å². The summed E-state index contributed by atoms with van der Waals surface area (Å²) in [6.07, 6.45) is 0. The van der Waals surface area contributed by atoms with Crippen molar-refractivity contribution >= 4 is 21.8 Å². The molecule has 0 bridgehead atoms. The number of carbonyl (C=O) groups is 1. The van der Waals surface area contributed by atoms with Crippen molar-refractivity contribution in [3.05, 3.63) is 87.0 Å². The molecule has 0 atom stereocenters. The maximum Gasteiger partial charge on any atom is 0.289 e. The van der Waals surface area contributed by atoms with Crippen LogP contribution in [0.4, 0.5) is 22.0 Å². The Kier molecular flexibility index (Phi) is 7.22. The highest BCUT2D eigenvalue weighted by Crippen LogP contribution is 2.30. The number of amides is 1. The van der Waals surface area contributed by atoms with Gasteiger partial charge in [-0.3, -0.25) is 9.69 Å². The van der Waals surface area contributed by atoms with E-state index in [1.807, 2.05) is 24.3 Å². The van der Waals surface area contributed by atoms with Gasteiger partial charge < -0.3 is 14.1 Å². The van der Waals surface area contributed by atoms with E-state index in [0.717, 1.165) is 16.6 Å². The SMILES string of the molecule is O=C(c1ccc(COc2c(F)c(F)c(F)c(F)c2F)o1)N1CCN(Cc2ccccc2Br)CC1. The Balaban J connectivity index is 1.34.